The molecule has 0 fully saturated rings. The summed E-state index contributed by atoms with van der Waals surface area (Å²) in [7, 11) is 0. The first-order valence-corrected chi connectivity index (χ1v) is 7.00. The van der Waals surface area contributed by atoms with Gasteiger partial charge in [-0.1, -0.05) is 18.2 Å². The topological polar surface area (TPSA) is 94.5 Å². The standard InChI is InChI=1S/C16H20N2O4/c1-16(2,3)22-15(21)18-9-10(8-12(17)14(19)20)11-6-4-5-7-13(11)18/h4-7,9,12H,8,17H2,1-3H3,(H,19,20)/t12-/m0/s1. The third-order valence-electron chi connectivity index (χ3n) is 3.14. The number of fused-ring (bicyclic) bond motifs is 1. The fourth-order valence-corrected chi connectivity index (χ4v) is 2.20. The van der Waals surface area contributed by atoms with E-state index in [1.54, 1.807) is 33.0 Å². The zero-order valence-corrected chi connectivity index (χ0v) is 12.9. The smallest absolute Gasteiger partial charge is 0.419 e. The SMILES string of the molecule is CC(C)(C)OC(=O)n1cc(C[C@H](N)C(=O)O)c2ccccc21. The van der Waals surface area contributed by atoms with Gasteiger partial charge in [0.1, 0.15) is 11.6 Å². The molecule has 1 aromatic heterocycles. The number of carboxylic acid groups (broad SMARTS) is 1. The number of hydrogen-bond acceptors (Lipinski definition) is 4. The third kappa shape index (κ3) is 3.46. The van der Waals surface area contributed by atoms with Crippen molar-refractivity contribution in [3.8, 4) is 0 Å². The van der Waals surface area contributed by atoms with Crippen LogP contribution in [0.1, 0.15) is 26.3 Å². The number of nitrogens with zero attached hydrogens (tertiary/aromatic N) is 1. The van der Waals surface area contributed by atoms with E-state index < -0.39 is 23.7 Å². The molecule has 0 bridgehead atoms. The number of ether oxygens (including phenoxy) is 1. The Kier molecular flexibility index (Phi) is 4.23. The summed E-state index contributed by atoms with van der Waals surface area (Å²) in [5.74, 6) is -1.07. The molecule has 6 heteroatoms. The molecule has 1 heterocycles. The van der Waals surface area contributed by atoms with Gasteiger partial charge in [0, 0.05) is 18.0 Å². The van der Waals surface area contributed by atoms with E-state index in [1.165, 1.54) is 4.57 Å². The summed E-state index contributed by atoms with van der Waals surface area (Å²) in [4.78, 5) is 23.2. The summed E-state index contributed by atoms with van der Waals surface area (Å²) in [6.07, 6.45) is 1.24. The number of para-hydroxylation sites is 1. The van der Waals surface area contributed by atoms with Crippen LogP contribution in [0.15, 0.2) is 30.5 Å². The van der Waals surface area contributed by atoms with Crippen molar-refractivity contribution in [2.75, 3.05) is 0 Å². The van der Waals surface area contributed by atoms with Crippen LogP contribution < -0.4 is 5.73 Å². The van der Waals surface area contributed by atoms with Crippen LogP contribution in [0.25, 0.3) is 10.9 Å². The number of benzene rings is 1. The predicted molar refractivity (Wildman–Crippen MR) is 82.9 cm³/mol. The Morgan fingerprint density at radius 1 is 1.32 bits per heavy atom. The molecule has 0 unspecified atom stereocenters. The minimum Gasteiger partial charge on any atom is -0.480 e. The summed E-state index contributed by atoms with van der Waals surface area (Å²) in [6.45, 7) is 5.37. The number of hydrogen-bond donors (Lipinski definition) is 2. The predicted octanol–water partition coefficient (Wildman–Crippen LogP) is 2.38. The molecule has 3 N–H and O–H groups in total. The largest absolute Gasteiger partial charge is 0.480 e. The average molecular weight is 304 g/mol. The van der Waals surface area contributed by atoms with Crippen molar-refractivity contribution in [2.24, 2.45) is 5.73 Å². The van der Waals surface area contributed by atoms with E-state index in [0.717, 1.165) is 5.39 Å². The van der Waals surface area contributed by atoms with Crippen LogP contribution in [-0.2, 0) is 16.0 Å². The molecule has 118 valence electrons. The normalized spacial score (nSPS) is 13.1. The molecule has 0 radical (unpaired) electrons. The first-order valence-electron chi connectivity index (χ1n) is 7.00. The second-order valence-electron chi connectivity index (χ2n) is 6.17. The van der Waals surface area contributed by atoms with Crippen LogP contribution in [0.4, 0.5) is 4.79 Å². The first kappa shape index (κ1) is 16.0. The van der Waals surface area contributed by atoms with Crippen LogP contribution in [0.3, 0.4) is 0 Å². The maximum absolute atomic E-state index is 12.3. The molecule has 1 aromatic carbocycles. The molecular weight excluding hydrogens is 284 g/mol. The highest BCUT2D eigenvalue weighted by Gasteiger charge is 2.22. The monoisotopic (exact) mass is 304 g/mol. The summed E-state index contributed by atoms with van der Waals surface area (Å²) < 4.78 is 6.77. The van der Waals surface area contributed by atoms with Gasteiger partial charge in [-0.25, -0.2) is 4.79 Å². The van der Waals surface area contributed by atoms with Gasteiger partial charge in [-0.2, -0.15) is 0 Å². The molecule has 0 aliphatic carbocycles. The molecule has 0 aliphatic rings. The lowest BCUT2D eigenvalue weighted by atomic mass is 10.1. The number of carbonyl (C=O) groups is 2. The van der Waals surface area contributed by atoms with E-state index in [2.05, 4.69) is 0 Å². The molecule has 2 aromatic rings. The van der Waals surface area contributed by atoms with Gasteiger partial charge in [0.05, 0.1) is 5.52 Å². The summed E-state index contributed by atoms with van der Waals surface area (Å²) in [5, 5.41) is 9.76. The second kappa shape index (κ2) is 5.81. The quantitative estimate of drug-likeness (QED) is 0.907. The lowest BCUT2D eigenvalue weighted by molar-refractivity contribution is -0.138. The number of aromatic nitrogens is 1. The van der Waals surface area contributed by atoms with Crippen LogP contribution in [0, 0.1) is 0 Å². The fourth-order valence-electron chi connectivity index (χ4n) is 2.20. The van der Waals surface area contributed by atoms with Crippen LogP contribution >= 0.6 is 0 Å². The van der Waals surface area contributed by atoms with Crippen molar-refractivity contribution in [3.63, 3.8) is 0 Å². The van der Waals surface area contributed by atoms with Gasteiger partial charge in [-0.05, 0) is 32.4 Å². The maximum atomic E-state index is 12.3. The number of nitrogens with two attached hydrogens (primary N) is 1. The zero-order chi connectivity index (χ0) is 16.5. The first-order chi connectivity index (χ1) is 10.2. The Bertz CT molecular complexity index is 712. The van der Waals surface area contributed by atoms with Crippen LogP contribution in [0.2, 0.25) is 0 Å². The molecule has 0 spiro atoms. The Hall–Kier alpha value is -2.34. The van der Waals surface area contributed by atoms with Gasteiger partial charge < -0.3 is 15.6 Å². The molecule has 0 saturated carbocycles. The molecule has 2 rings (SSSR count). The highest BCUT2D eigenvalue weighted by molar-refractivity contribution is 5.92. The highest BCUT2D eigenvalue weighted by atomic mass is 16.6. The van der Waals surface area contributed by atoms with Crippen LogP contribution in [0.5, 0.6) is 0 Å². The number of carbonyl (C=O) groups excluding carboxylic acids is 1. The summed E-state index contributed by atoms with van der Waals surface area (Å²) in [5.41, 5.74) is 6.37. The van der Waals surface area contributed by atoms with Crippen molar-refractivity contribution >= 4 is 23.0 Å². The van der Waals surface area contributed by atoms with Crippen molar-refractivity contribution in [2.45, 2.75) is 38.8 Å². The summed E-state index contributed by atoms with van der Waals surface area (Å²) in [6, 6.07) is 6.24. The zero-order valence-electron chi connectivity index (χ0n) is 12.9. The van der Waals surface area contributed by atoms with Crippen molar-refractivity contribution in [1.82, 2.24) is 4.57 Å². The minimum absolute atomic E-state index is 0.144. The van der Waals surface area contributed by atoms with Gasteiger partial charge in [0.2, 0.25) is 0 Å². The van der Waals surface area contributed by atoms with E-state index in [0.29, 0.717) is 11.1 Å². The van der Waals surface area contributed by atoms with Crippen LogP contribution in [-0.4, -0.2) is 33.4 Å². The number of carboxylic acids is 1. The molecule has 0 aliphatic heterocycles. The molecule has 1 atom stereocenters. The Labute approximate surface area is 128 Å². The number of rotatable bonds is 3. The van der Waals surface area contributed by atoms with E-state index in [-0.39, 0.29) is 6.42 Å². The van der Waals surface area contributed by atoms with E-state index in [9.17, 15) is 9.59 Å². The highest BCUT2D eigenvalue weighted by Crippen LogP contribution is 2.23. The van der Waals surface area contributed by atoms with Crippen molar-refractivity contribution < 1.29 is 19.4 Å². The minimum atomic E-state index is -1.07. The molecular formula is C16H20N2O4. The van der Waals surface area contributed by atoms with E-state index >= 15 is 0 Å². The van der Waals surface area contributed by atoms with Gasteiger partial charge >= 0.3 is 12.1 Å². The van der Waals surface area contributed by atoms with Gasteiger partial charge in [-0.3, -0.25) is 9.36 Å². The van der Waals surface area contributed by atoms with Gasteiger partial charge in [0.15, 0.2) is 0 Å². The maximum Gasteiger partial charge on any atom is 0.419 e. The van der Waals surface area contributed by atoms with Crippen molar-refractivity contribution in [1.29, 1.82) is 0 Å². The molecule has 6 nitrogen and oxygen atoms in total. The Morgan fingerprint density at radius 2 is 1.95 bits per heavy atom. The molecule has 0 saturated heterocycles. The molecule has 22 heavy (non-hydrogen) atoms. The van der Waals surface area contributed by atoms with Gasteiger partial charge in [0.25, 0.3) is 0 Å². The molecule has 0 amide bonds. The Balaban J connectivity index is 2.44. The lowest BCUT2D eigenvalue weighted by Gasteiger charge is -2.19. The van der Waals surface area contributed by atoms with E-state index in [1.807, 2.05) is 18.2 Å². The second-order valence-corrected chi connectivity index (χ2v) is 6.17. The number of aliphatic carboxylic acids is 1. The summed E-state index contributed by atoms with van der Waals surface area (Å²) >= 11 is 0. The fraction of sp³-hybridized carbons (Fsp3) is 0.375. The van der Waals surface area contributed by atoms with E-state index in [4.69, 9.17) is 15.6 Å². The Morgan fingerprint density at radius 3 is 2.55 bits per heavy atom. The lowest BCUT2D eigenvalue weighted by Crippen LogP contribution is -2.32. The average Bonchev–Trinajstić information content (AvgIpc) is 2.76. The van der Waals surface area contributed by atoms with Crippen molar-refractivity contribution in [3.05, 3.63) is 36.0 Å². The van der Waals surface area contributed by atoms with Gasteiger partial charge in [-0.15, -0.1) is 0 Å². The third-order valence-corrected chi connectivity index (χ3v) is 3.14.